The summed E-state index contributed by atoms with van der Waals surface area (Å²) in [5.74, 6) is 0.0647. The van der Waals surface area contributed by atoms with Crippen molar-refractivity contribution < 1.29 is 9.53 Å². The predicted octanol–water partition coefficient (Wildman–Crippen LogP) is 3.52. The largest absolute Gasteiger partial charge is 0.356 e. The maximum absolute atomic E-state index is 12.8. The molecule has 1 aliphatic rings. The number of rotatable bonds is 1. The van der Waals surface area contributed by atoms with Gasteiger partial charge < -0.3 is 9.64 Å². The Labute approximate surface area is 128 Å². The zero-order valence-electron chi connectivity index (χ0n) is 11.8. The molecule has 4 heteroatoms. The Kier molecular flexibility index (Phi) is 4.20. The average molecular weight is 373 g/mol. The Morgan fingerprint density at radius 1 is 1.37 bits per heavy atom. The molecule has 0 radical (unpaired) electrons. The first-order chi connectivity index (χ1) is 8.82. The molecule has 0 bridgehead atoms. The van der Waals surface area contributed by atoms with Crippen LogP contribution in [-0.4, -0.2) is 29.7 Å². The number of nitrogens with zero attached hydrogens (tertiary/aromatic N) is 1. The maximum atomic E-state index is 12.8. The van der Waals surface area contributed by atoms with E-state index in [2.05, 4.69) is 43.4 Å². The lowest BCUT2D eigenvalue weighted by Gasteiger charge is -2.35. The second-order valence-corrected chi connectivity index (χ2v) is 7.26. The summed E-state index contributed by atoms with van der Waals surface area (Å²) in [5, 5.41) is 0. The van der Waals surface area contributed by atoms with E-state index in [1.165, 1.54) is 0 Å². The van der Waals surface area contributed by atoms with Crippen LogP contribution in [0.4, 0.5) is 0 Å². The molecule has 0 spiro atoms. The molecule has 0 saturated carbocycles. The van der Waals surface area contributed by atoms with Crippen LogP contribution in [0.3, 0.4) is 0 Å². The van der Waals surface area contributed by atoms with Gasteiger partial charge in [0.25, 0.3) is 5.91 Å². The zero-order valence-corrected chi connectivity index (χ0v) is 14.0. The van der Waals surface area contributed by atoms with Gasteiger partial charge in [-0.15, -0.1) is 0 Å². The fraction of sp³-hybridized carbons (Fsp3) is 0.533. The quantitative estimate of drug-likeness (QED) is 0.705. The summed E-state index contributed by atoms with van der Waals surface area (Å²) < 4.78 is 6.81. The standard InChI is InChI=1S/C15H20INO2/c1-10-9-19-14(15(2,3)4)17(10)13(18)11-7-5-6-8-12(11)16/h5-8,10,14H,9H2,1-4H3/t10-,14-/m0/s1. The molecule has 2 rings (SSSR count). The first-order valence-electron chi connectivity index (χ1n) is 6.51. The number of benzene rings is 1. The van der Waals surface area contributed by atoms with Gasteiger partial charge in [0, 0.05) is 8.99 Å². The molecule has 1 heterocycles. The Morgan fingerprint density at radius 2 is 2.00 bits per heavy atom. The Morgan fingerprint density at radius 3 is 2.58 bits per heavy atom. The predicted molar refractivity (Wildman–Crippen MR) is 84.0 cm³/mol. The van der Waals surface area contributed by atoms with Crippen LogP contribution in [0.1, 0.15) is 38.1 Å². The van der Waals surface area contributed by atoms with Crippen molar-refractivity contribution in [3.05, 3.63) is 33.4 Å². The van der Waals surface area contributed by atoms with Crippen LogP contribution in [-0.2, 0) is 4.74 Å². The molecule has 3 nitrogen and oxygen atoms in total. The minimum atomic E-state index is -0.161. The van der Waals surface area contributed by atoms with Gasteiger partial charge in [0.1, 0.15) is 6.23 Å². The monoisotopic (exact) mass is 373 g/mol. The van der Waals surface area contributed by atoms with E-state index in [-0.39, 0.29) is 23.6 Å². The molecule has 104 valence electrons. The SMILES string of the molecule is C[C@H]1CO[C@@H](C(C)(C)C)N1C(=O)c1ccccc1I. The molecule has 1 aromatic rings. The summed E-state index contributed by atoms with van der Waals surface area (Å²) >= 11 is 2.21. The van der Waals surface area contributed by atoms with Gasteiger partial charge in [0.2, 0.25) is 0 Å². The third-order valence-electron chi connectivity index (χ3n) is 3.30. The van der Waals surface area contributed by atoms with Gasteiger partial charge in [-0.2, -0.15) is 0 Å². The van der Waals surface area contributed by atoms with Crippen LogP contribution in [0.15, 0.2) is 24.3 Å². The van der Waals surface area contributed by atoms with Gasteiger partial charge in [-0.1, -0.05) is 32.9 Å². The number of carbonyl (C=O) groups excluding carboxylic acids is 1. The fourth-order valence-electron chi connectivity index (χ4n) is 2.37. The van der Waals surface area contributed by atoms with E-state index in [1.807, 2.05) is 36.1 Å². The molecule has 1 aliphatic heterocycles. The van der Waals surface area contributed by atoms with E-state index in [1.54, 1.807) is 0 Å². The molecular weight excluding hydrogens is 353 g/mol. The lowest BCUT2D eigenvalue weighted by molar-refractivity contribution is -0.0374. The summed E-state index contributed by atoms with van der Waals surface area (Å²) in [6.45, 7) is 8.96. The number of halogens is 1. The lowest BCUT2D eigenvalue weighted by atomic mass is 9.93. The van der Waals surface area contributed by atoms with E-state index in [0.717, 1.165) is 9.13 Å². The van der Waals surface area contributed by atoms with Crippen molar-refractivity contribution in [2.75, 3.05) is 6.61 Å². The fourth-order valence-corrected chi connectivity index (χ4v) is 2.99. The molecule has 1 amide bonds. The highest BCUT2D eigenvalue weighted by Gasteiger charge is 2.42. The van der Waals surface area contributed by atoms with Crippen LogP contribution in [0.2, 0.25) is 0 Å². The summed E-state index contributed by atoms with van der Waals surface area (Å²) in [6, 6.07) is 7.82. The average Bonchev–Trinajstić information content (AvgIpc) is 2.70. The number of hydrogen-bond donors (Lipinski definition) is 0. The number of carbonyl (C=O) groups is 1. The third kappa shape index (κ3) is 2.94. The van der Waals surface area contributed by atoms with Gasteiger partial charge in [-0.25, -0.2) is 0 Å². The summed E-state index contributed by atoms with van der Waals surface area (Å²) in [7, 11) is 0. The maximum Gasteiger partial charge on any atom is 0.257 e. The minimum Gasteiger partial charge on any atom is -0.356 e. The first kappa shape index (κ1) is 14.8. The van der Waals surface area contributed by atoms with Crippen molar-refractivity contribution in [2.45, 2.75) is 40.0 Å². The molecule has 1 aromatic carbocycles. The van der Waals surface area contributed by atoms with Crippen LogP contribution >= 0.6 is 22.6 Å². The van der Waals surface area contributed by atoms with E-state index >= 15 is 0 Å². The van der Waals surface area contributed by atoms with Crippen molar-refractivity contribution in [2.24, 2.45) is 5.41 Å². The van der Waals surface area contributed by atoms with Crippen LogP contribution < -0.4 is 0 Å². The number of hydrogen-bond acceptors (Lipinski definition) is 2. The van der Waals surface area contributed by atoms with Gasteiger partial charge in [-0.3, -0.25) is 4.79 Å². The first-order valence-corrected chi connectivity index (χ1v) is 7.59. The molecular formula is C15H20INO2. The Bertz CT molecular complexity index is 481. The van der Waals surface area contributed by atoms with Gasteiger partial charge in [-0.05, 0) is 41.6 Å². The molecule has 0 unspecified atom stereocenters. The van der Waals surface area contributed by atoms with Crippen LogP contribution in [0, 0.1) is 8.99 Å². The second kappa shape index (κ2) is 5.40. The van der Waals surface area contributed by atoms with Crippen molar-refractivity contribution in [3.8, 4) is 0 Å². The number of amides is 1. The minimum absolute atomic E-state index is 0.0647. The molecule has 0 aliphatic carbocycles. The Hall–Kier alpha value is -0.620. The van der Waals surface area contributed by atoms with Crippen molar-refractivity contribution in [3.63, 3.8) is 0 Å². The van der Waals surface area contributed by atoms with Crippen LogP contribution in [0.5, 0.6) is 0 Å². The topological polar surface area (TPSA) is 29.5 Å². The van der Waals surface area contributed by atoms with E-state index in [9.17, 15) is 4.79 Å². The van der Waals surface area contributed by atoms with Gasteiger partial charge in [0.05, 0.1) is 18.2 Å². The molecule has 19 heavy (non-hydrogen) atoms. The summed E-state index contributed by atoms with van der Waals surface area (Å²) in [5.41, 5.74) is 0.676. The van der Waals surface area contributed by atoms with E-state index in [0.29, 0.717) is 6.61 Å². The summed E-state index contributed by atoms with van der Waals surface area (Å²) in [6.07, 6.45) is -0.161. The normalized spacial score (nSPS) is 23.7. The molecule has 2 atom stereocenters. The van der Waals surface area contributed by atoms with Crippen molar-refractivity contribution >= 4 is 28.5 Å². The molecule has 1 fully saturated rings. The van der Waals surface area contributed by atoms with Gasteiger partial charge >= 0.3 is 0 Å². The smallest absolute Gasteiger partial charge is 0.257 e. The second-order valence-electron chi connectivity index (χ2n) is 6.09. The van der Waals surface area contributed by atoms with Crippen molar-refractivity contribution in [1.29, 1.82) is 0 Å². The highest BCUT2D eigenvalue weighted by molar-refractivity contribution is 14.1. The molecule has 0 N–H and O–H groups in total. The Balaban J connectivity index is 2.34. The molecule has 1 saturated heterocycles. The van der Waals surface area contributed by atoms with Gasteiger partial charge in [0.15, 0.2) is 0 Å². The number of ether oxygens (including phenoxy) is 1. The van der Waals surface area contributed by atoms with Crippen LogP contribution in [0.25, 0.3) is 0 Å². The van der Waals surface area contributed by atoms with Crippen molar-refractivity contribution in [1.82, 2.24) is 4.90 Å². The van der Waals surface area contributed by atoms with E-state index < -0.39 is 0 Å². The van der Waals surface area contributed by atoms with E-state index in [4.69, 9.17) is 4.74 Å². The zero-order chi connectivity index (χ0) is 14.2. The summed E-state index contributed by atoms with van der Waals surface area (Å²) in [4.78, 5) is 14.7. The highest BCUT2D eigenvalue weighted by atomic mass is 127. The third-order valence-corrected chi connectivity index (χ3v) is 4.24. The lowest BCUT2D eigenvalue weighted by Crippen LogP contribution is -2.47. The molecule has 0 aromatic heterocycles. The highest BCUT2D eigenvalue weighted by Crippen LogP contribution is 2.33.